The number of nitrogen functional groups attached to an aromatic ring is 3. The van der Waals surface area contributed by atoms with Crippen LogP contribution in [0.25, 0.3) is 49.9 Å². The van der Waals surface area contributed by atoms with Gasteiger partial charge in [-0.3, -0.25) is 28.2 Å². The van der Waals surface area contributed by atoms with E-state index in [1.54, 1.807) is 58.5 Å². The Morgan fingerprint density at radius 1 is 0.437 bits per heavy atom. The topological polar surface area (TPSA) is 235 Å². The van der Waals surface area contributed by atoms with Gasteiger partial charge in [-0.2, -0.15) is 0 Å². The van der Waals surface area contributed by atoms with E-state index in [2.05, 4.69) is 98.5 Å². The Bertz CT molecular complexity index is 4080. The molecule has 0 aliphatic rings. The lowest BCUT2D eigenvalue weighted by Crippen LogP contribution is -2.07. The summed E-state index contributed by atoms with van der Waals surface area (Å²) in [4.78, 5) is 39.4. The van der Waals surface area contributed by atoms with Gasteiger partial charge in [0.2, 0.25) is 0 Å². The van der Waals surface area contributed by atoms with E-state index in [9.17, 15) is 0 Å². The maximum Gasteiger partial charge on any atom is 0.150 e. The number of nitrogens with zero attached hydrogens (tertiary/aromatic N) is 12. The van der Waals surface area contributed by atoms with E-state index in [4.69, 9.17) is 81.2 Å². The molecule has 24 heteroatoms. The number of anilines is 3. The van der Waals surface area contributed by atoms with E-state index in [-0.39, 0.29) is 17.8 Å². The number of methoxy groups -OCH3 is 3. The summed E-state index contributed by atoms with van der Waals surface area (Å²) in [7, 11) is 5.00. The number of rotatable bonds is 12. The number of nitrogens with two attached hydrogens (primary N) is 3. The molecule has 0 saturated carbocycles. The Morgan fingerprint density at radius 3 is 0.931 bits per heavy atom. The molecule has 0 aliphatic carbocycles. The smallest absolute Gasteiger partial charge is 0.150 e. The SMILES string of the molecule is COc1c(C(C)c2nc(Br)c3c(N)nccn23)cc(Cl)c(C)c1-c1cccnc1.COc1c([C@@H](C)c2nc(Br)c3c(N)nccn23)cc(Cl)c(C)c1-c1cccnc1.COc1c([C@H](C)c2nc(Br)c3c(N)nccn23)cc(Cl)c(C)c1-c1cccnc1. The van der Waals surface area contributed by atoms with Crippen molar-refractivity contribution in [1.82, 2.24) is 58.1 Å². The number of pyridine rings is 3. The Morgan fingerprint density at radius 2 is 0.701 bits per heavy atom. The summed E-state index contributed by atoms with van der Waals surface area (Å²) in [6.07, 6.45) is 21.2. The van der Waals surface area contributed by atoms with Crippen LogP contribution in [-0.4, -0.2) is 79.4 Å². The van der Waals surface area contributed by atoms with Gasteiger partial charge in [0.05, 0.1) is 21.3 Å². The second-order valence-electron chi connectivity index (χ2n) is 20.2. The first-order chi connectivity index (χ1) is 41.8. The van der Waals surface area contributed by atoms with Crippen molar-refractivity contribution >= 4 is 117 Å². The highest BCUT2D eigenvalue weighted by Gasteiger charge is 2.30. The van der Waals surface area contributed by atoms with Gasteiger partial charge in [-0.25, -0.2) is 29.9 Å². The standard InChI is InChI=1S/3C21H19BrClN5O/c3*1-11(21-27-19(22)17-20(24)26-7-8-28(17)21)14-9-15(23)12(2)16(18(14)29-3)13-5-4-6-25-10-13/h3*4-11H,1-3H3,(H2,24,26)/t2*11-;/m10./s1. The molecule has 444 valence electrons. The lowest BCUT2D eigenvalue weighted by molar-refractivity contribution is 0.409. The highest BCUT2D eigenvalue weighted by Crippen LogP contribution is 2.48. The van der Waals surface area contributed by atoms with Gasteiger partial charge in [0.15, 0.2) is 17.5 Å². The van der Waals surface area contributed by atoms with Crippen molar-refractivity contribution in [2.75, 3.05) is 38.5 Å². The number of fused-ring (bicyclic) bond motifs is 3. The van der Waals surface area contributed by atoms with Crippen molar-refractivity contribution < 1.29 is 14.2 Å². The van der Waals surface area contributed by atoms with Crippen molar-refractivity contribution in [3.05, 3.63) is 209 Å². The monoisotopic (exact) mass is 1410 g/mol. The van der Waals surface area contributed by atoms with E-state index in [1.165, 1.54) is 0 Å². The normalized spacial score (nSPS) is 12.3. The largest absolute Gasteiger partial charge is 0.496 e. The number of ether oxygens (including phenoxy) is 3. The Hall–Kier alpha value is -7.92. The molecule has 0 bridgehead atoms. The van der Waals surface area contributed by atoms with Crippen LogP contribution < -0.4 is 31.4 Å². The Kier molecular flexibility index (Phi) is 18.7. The van der Waals surface area contributed by atoms with Gasteiger partial charge in [0, 0.05) is 157 Å². The number of halogens is 6. The maximum atomic E-state index is 6.64. The van der Waals surface area contributed by atoms with Gasteiger partial charge >= 0.3 is 0 Å². The minimum absolute atomic E-state index is 0.126. The molecule has 87 heavy (non-hydrogen) atoms. The van der Waals surface area contributed by atoms with E-state index in [0.717, 1.165) is 118 Å². The first-order valence-electron chi connectivity index (χ1n) is 27.0. The molecule has 12 rings (SSSR count). The van der Waals surface area contributed by atoms with Crippen molar-refractivity contribution in [3.63, 3.8) is 0 Å². The van der Waals surface area contributed by atoms with Crippen LogP contribution in [-0.2, 0) is 0 Å². The van der Waals surface area contributed by atoms with Gasteiger partial charge in [-0.1, -0.05) is 73.8 Å². The summed E-state index contributed by atoms with van der Waals surface area (Å²) >= 11 is 30.4. The molecular formula is C63H57Br3Cl3N15O3. The van der Waals surface area contributed by atoms with Gasteiger partial charge < -0.3 is 31.4 Å². The van der Waals surface area contributed by atoms with Crippen LogP contribution in [0, 0.1) is 20.8 Å². The quantitative estimate of drug-likeness (QED) is 0.103. The highest BCUT2D eigenvalue weighted by molar-refractivity contribution is 9.11. The molecule has 3 aromatic carbocycles. The van der Waals surface area contributed by atoms with Gasteiger partial charge in [0.1, 0.15) is 65.1 Å². The summed E-state index contributed by atoms with van der Waals surface area (Å²) in [5, 5.41) is 1.98. The molecule has 12 aromatic rings. The first kappa shape index (κ1) is 62.1. The number of hydrogen-bond acceptors (Lipinski definition) is 15. The number of hydrogen-bond donors (Lipinski definition) is 3. The summed E-state index contributed by atoms with van der Waals surface area (Å²) in [5.74, 6) is 5.52. The summed E-state index contributed by atoms with van der Waals surface area (Å²) in [6, 6.07) is 17.5. The molecule has 18 nitrogen and oxygen atoms in total. The second-order valence-corrected chi connectivity index (χ2v) is 23.7. The predicted octanol–water partition coefficient (Wildman–Crippen LogP) is 15.8. The molecule has 3 atom stereocenters. The van der Waals surface area contributed by atoms with E-state index in [0.29, 0.717) is 46.3 Å². The van der Waals surface area contributed by atoms with Crippen molar-refractivity contribution in [3.8, 4) is 50.6 Å². The lowest BCUT2D eigenvalue weighted by atomic mass is 9.91. The molecule has 0 radical (unpaired) electrons. The van der Waals surface area contributed by atoms with Crippen molar-refractivity contribution in [2.24, 2.45) is 0 Å². The minimum Gasteiger partial charge on any atom is -0.496 e. The second kappa shape index (κ2) is 26.2. The van der Waals surface area contributed by atoms with Crippen molar-refractivity contribution in [2.45, 2.75) is 59.3 Å². The third-order valence-corrected chi connectivity index (χ3v) is 18.1. The van der Waals surface area contributed by atoms with Crippen LogP contribution in [0.3, 0.4) is 0 Å². The van der Waals surface area contributed by atoms with Crippen LogP contribution in [0.5, 0.6) is 17.2 Å². The van der Waals surface area contributed by atoms with Crippen LogP contribution >= 0.6 is 82.6 Å². The molecule has 9 heterocycles. The average molecular weight is 1420 g/mol. The fourth-order valence-electron chi connectivity index (χ4n) is 10.9. The molecule has 0 fully saturated rings. The third-order valence-electron chi connectivity index (χ3n) is 15.2. The molecule has 0 spiro atoms. The van der Waals surface area contributed by atoms with Crippen LogP contribution in [0.2, 0.25) is 15.1 Å². The molecule has 9 aromatic heterocycles. The summed E-state index contributed by atoms with van der Waals surface area (Å²) in [6.45, 7) is 12.1. The predicted molar refractivity (Wildman–Crippen MR) is 356 cm³/mol. The zero-order valence-electron chi connectivity index (χ0n) is 48.4. The molecule has 0 saturated heterocycles. The summed E-state index contributed by atoms with van der Waals surface area (Å²) < 4.78 is 25.4. The number of imidazole rings is 3. The zero-order chi connectivity index (χ0) is 62.1. The van der Waals surface area contributed by atoms with Gasteiger partial charge in [0.25, 0.3) is 0 Å². The van der Waals surface area contributed by atoms with Crippen LogP contribution in [0.15, 0.2) is 143 Å². The number of aromatic nitrogens is 12. The fourth-order valence-corrected chi connectivity index (χ4v) is 13.3. The van der Waals surface area contributed by atoms with Crippen LogP contribution in [0.4, 0.5) is 17.5 Å². The zero-order valence-corrected chi connectivity index (χ0v) is 55.5. The lowest BCUT2D eigenvalue weighted by Gasteiger charge is -2.21. The Balaban J connectivity index is 0.000000144. The number of benzene rings is 3. The van der Waals surface area contributed by atoms with E-state index >= 15 is 0 Å². The molecular weight excluding hydrogens is 1360 g/mol. The highest BCUT2D eigenvalue weighted by atomic mass is 79.9. The van der Waals surface area contributed by atoms with Crippen LogP contribution in [0.1, 0.15) is 89.4 Å². The van der Waals surface area contributed by atoms with E-state index in [1.807, 2.05) is 126 Å². The Labute approximate surface area is 541 Å². The molecule has 0 aliphatic heterocycles. The third kappa shape index (κ3) is 11.8. The minimum atomic E-state index is -0.126. The summed E-state index contributed by atoms with van der Waals surface area (Å²) in [5.41, 5.74) is 31.6. The molecule has 0 amide bonds. The van der Waals surface area contributed by atoms with Gasteiger partial charge in [-0.05, 0) is 122 Å². The molecule has 6 N–H and O–H groups in total. The maximum absolute atomic E-state index is 6.64. The average Bonchev–Trinajstić information content (AvgIpc) is 1.97. The van der Waals surface area contributed by atoms with Crippen molar-refractivity contribution in [1.29, 1.82) is 0 Å². The molecule has 1 unspecified atom stereocenters. The van der Waals surface area contributed by atoms with Gasteiger partial charge in [-0.15, -0.1) is 0 Å². The first-order valence-corrected chi connectivity index (χ1v) is 30.5. The van der Waals surface area contributed by atoms with E-state index < -0.39 is 0 Å². The fraction of sp³-hybridized carbons (Fsp3) is 0.190.